The van der Waals surface area contributed by atoms with Crippen molar-refractivity contribution in [3.8, 4) is 10.7 Å². The predicted molar refractivity (Wildman–Crippen MR) is 113 cm³/mol. The van der Waals surface area contributed by atoms with Crippen LogP contribution in [0, 0.1) is 5.92 Å². The minimum absolute atomic E-state index is 0.0229. The number of hydrogen-bond acceptors (Lipinski definition) is 7. The molecule has 9 heteroatoms. The maximum Gasteiger partial charge on any atom is 0.244 e. The van der Waals surface area contributed by atoms with Gasteiger partial charge in [-0.2, -0.15) is 4.98 Å². The van der Waals surface area contributed by atoms with E-state index in [-0.39, 0.29) is 24.3 Å². The molecular formula is C21H21N5O3S. The maximum atomic E-state index is 13.1. The fraction of sp³-hybridized carbons (Fsp3) is 0.333. The molecule has 3 aromatic rings. The molecule has 1 N–H and O–H groups in total. The summed E-state index contributed by atoms with van der Waals surface area (Å²) in [7, 11) is 0. The van der Waals surface area contributed by atoms with Gasteiger partial charge in [0.25, 0.3) is 0 Å². The number of amides is 2. The van der Waals surface area contributed by atoms with Crippen molar-refractivity contribution < 1.29 is 14.1 Å². The van der Waals surface area contributed by atoms with E-state index >= 15 is 0 Å². The Labute approximate surface area is 177 Å². The van der Waals surface area contributed by atoms with Gasteiger partial charge in [0.15, 0.2) is 0 Å². The number of benzene rings is 1. The van der Waals surface area contributed by atoms with Gasteiger partial charge in [0, 0.05) is 5.92 Å². The van der Waals surface area contributed by atoms with E-state index in [4.69, 9.17) is 4.52 Å². The highest BCUT2D eigenvalue weighted by Crippen LogP contribution is 2.32. The number of para-hydroxylation sites is 2. The van der Waals surface area contributed by atoms with Crippen LogP contribution in [-0.4, -0.2) is 46.5 Å². The normalized spacial score (nSPS) is 17.6. The quantitative estimate of drug-likeness (QED) is 0.694. The Balaban J connectivity index is 1.20. The number of carbonyl (C=O) groups excluding carboxylic acids is 2. The molecule has 2 aromatic heterocycles. The van der Waals surface area contributed by atoms with Crippen LogP contribution in [-0.2, 0) is 16.1 Å². The number of aromatic nitrogens is 2. The molecule has 2 aliphatic rings. The summed E-state index contributed by atoms with van der Waals surface area (Å²) >= 11 is 1.58. The zero-order valence-corrected chi connectivity index (χ0v) is 17.1. The molecule has 1 saturated heterocycles. The number of hydrogen-bond donors (Lipinski definition) is 1. The van der Waals surface area contributed by atoms with Gasteiger partial charge in [0.1, 0.15) is 6.54 Å². The van der Waals surface area contributed by atoms with Crippen molar-refractivity contribution in [1.82, 2.24) is 15.0 Å². The number of rotatable bonds is 4. The van der Waals surface area contributed by atoms with E-state index in [0.29, 0.717) is 23.9 Å². The number of nitrogens with one attached hydrogen (secondary N) is 1. The van der Waals surface area contributed by atoms with Crippen LogP contribution in [0.2, 0.25) is 0 Å². The summed E-state index contributed by atoms with van der Waals surface area (Å²) in [5, 5.41) is 8.87. The summed E-state index contributed by atoms with van der Waals surface area (Å²) in [6.45, 7) is 2.20. The molecule has 0 unspecified atom stereocenters. The topological polar surface area (TPSA) is 91.6 Å². The molecule has 0 aliphatic carbocycles. The average Bonchev–Trinajstić information content (AvgIpc) is 3.45. The van der Waals surface area contributed by atoms with Gasteiger partial charge in [-0.25, -0.2) is 0 Å². The van der Waals surface area contributed by atoms with Crippen molar-refractivity contribution >= 4 is 34.5 Å². The zero-order chi connectivity index (χ0) is 20.5. The van der Waals surface area contributed by atoms with Gasteiger partial charge in [-0.05, 0) is 49.5 Å². The molecule has 2 aliphatic heterocycles. The lowest BCUT2D eigenvalue weighted by atomic mass is 9.94. The number of likely N-dealkylation sites (tertiary alicyclic amines) is 1. The van der Waals surface area contributed by atoms with E-state index in [0.717, 1.165) is 36.5 Å². The number of carbonyl (C=O) groups is 2. The van der Waals surface area contributed by atoms with Crippen LogP contribution in [0.5, 0.6) is 0 Å². The van der Waals surface area contributed by atoms with E-state index in [1.165, 1.54) is 0 Å². The smallest absolute Gasteiger partial charge is 0.244 e. The predicted octanol–water partition coefficient (Wildman–Crippen LogP) is 3.00. The first-order chi connectivity index (χ1) is 14.7. The van der Waals surface area contributed by atoms with E-state index in [1.807, 2.05) is 41.8 Å². The fourth-order valence-electron chi connectivity index (χ4n) is 4.00. The summed E-state index contributed by atoms with van der Waals surface area (Å²) in [5.74, 6) is 0.980. The third-order valence-corrected chi connectivity index (χ3v) is 6.41. The Morgan fingerprint density at radius 3 is 2.83 bits per heavy atom. The van der Waals surface area contributed by atoms with Crippen LogP contribution in [0.1, 0.15) is 18.7 Å². The molecule has 5 rings (SSSR count). The fourth-order valence-corrected chi connectivity index (χ4v) is 4.65. The van der Waals surface area contributed by atoms with Gasteiger partial charge in [-0.15, -0.1) is 11.3 Å². The van der Waals surface area contributed by atoms with Crippen LogP contribution in [0.25, 0.3) is 10.7 Å². The largest absolute Gasteiger partial charge is 0.338 e. The van der Waals surface area contributed by atoms with E-state index in [1.54, 1.807) is 16.2 Å². The Kier molecular flexibility index (Phi) is 5.06. The molecule has 0 bridgehead atoms. The molecule has 0 atom stereocenters. The molecule has 154 valence electrons. The molecule has 1 aromatic carbocycles. The third kappa shape index (κ3) is 3.73. The summed E-state index contributed by atoms with van der Waals surface area (Å²) in [6, 6.07) is 11.4. The molecule has 0 spiro atoms. The van der Waals surface area contributed by atoms with Crippen LogP contribution >= 0.6 is 11.3 Å². The van der Waals surface area contributed by atoms with Crippen molar-refractivity contribution in [3.05, 3.63) is 47.7 Å². The molecule has 1 fully saturated rings. The van der Waals surface area contributed by atoms with Crippen molar-refractivity contribution in [2.75, 3.05) is 29.9 Å². The second kappa shape index (κ2) is 8.00. The van der Waals surface area contributed by atoms with Gasteiger partial charge in [-0.1, -0.05) is 23.4 Å². The lowest BCUT2D eigenvalue weighted by molar-refractivity contribution is -0.126. The highest BCUT2D eigenvalue weighted by molar-refractivity contribution is 7.13. The van der Waals surface area contributed by atoms with Crippen molar-refractivity contribution in [3.63, 3.8) is 0 Å². The standard InChI is InChI=1S/C21H21N5O3S/c27-18-12-26(16-5-2-1-4-15(16)22-18)21(28)14-7-9-25(10-8-14)13-19-23-20(24-29-19)17-6-3-11-30-17/h1-6,11,14H,7-10,12-13H2,(H,22,27). The third-order valence-electron chi connectivity index (χ3n) is 5.54. The van der Waals surface area contributed by atoms with Gasteiger partial charge < -0.3 is 14.7 Å². The highest BCUT2D eigenvalue weighted by atomic mass is 32.1. The lowest BCUT2D eigenvalue weighted by Gasteiger charge is -2.35. The maximum absolute atomic E-state index is 13.1. The van der Waals surface area contributed by atoms with Gasteiger partial charge in [0.2, 0.25) is 23.5 Å². The summed E-state index contributed by atoms with van der Waals surface area (Å²) in [6.07, 6.45) is 1.48. The first-order valence-electron chi connectivity index (χ1n) is 9.96. The van der Waals surface area contributed by atoms with Crippen LogP contribution in [0.4, 0.5) is 11.4 Å². The molecule has 0 radical (unpaired) electrons. The van der Waals surface area contributed by atoms with Gasteiger partial charge in [-0.3, -0.25) is 14.5 Å². The zero-order valence-electron chi connectivity index (χ0n) is 16.3. The number of piperidine rings is 1. The van der Waals surface area contributed by atoms with Crippen LogP contribution < -0.4 is 10.2 Å². The highest BCUT2D eigenvalue weighted by Gasteiger charge is 2.33. The molecular weight excluding hydrogens is 402 g/mol. The second-order valence-corrected chi connectivity index (χ2v) is 8.48. The number of nitrogens with zero attached hydrogens (tertiary/aromatic N) is 4. The number of fused-ring (bicyclic) bond motifs is 1. The first-order valence-corrected chi connectivity index (χ1v) is 10.8. The van der Waals surface area contributed by atoms with Gasteiger partial charge in [0.05, 0.1) is 22.8 Å². The van der Waals surface area contributed by atoms with Crippen LogP contribution in [0.3, 0.4) is 0 Å². The lowest BCUT2D eigenvalue weighted by Crippen LogP contribution is -2.47. The monoisotopic (exact) mass is 423 g/mol. The molecule has 30 heavy (non-hydrogen) atoms. The van der Waals surface area contributed by atoms with Crippen molar-refractivity contribution in [2.45, 2.75) is 19.4 Å². The second-order valence-electron chi connectivity index (χ2n) is 7.53. The summed E-state index contributed by atoms with van der Waals surface area (Å²) < 4.78 is 5.40. The van der Waals surface area contributed by atoms with E-state index in [9.17, 15) is 9.59 Å². The van der Waals surface area contributed by atoms with E-state index in [2.05, 4.69) is 20.4 Å². The average molecular weight is 423 g/mol. The Morgan fingerprint density at radius 1 is 1.20 bits per heavy atom. The first kappa shape index (κ1) is 19.0. The SMILES string of the molecule is O=C1CN(C(=O)C2CCN(Cc3nc(-c4cccs4)no3)CC2)c2ccccc2N1. The molecule has 4 heterocycles. The van der Waals surface area contributed by atoms with Gasteiger partial charge >= 0.3 is 0 Å². The molecule has 2 amide bonds. The molecule has 8 nitrogen and oxygen atoms in total. The Bertz CT molecular complexity index is 1060. The van der Waals surface area contributed by atoms with Crippen LogP contribution in [0.15, 0.2) is 46.3 Å². The molecule has 0 saturated carbocycles. The number of thiophene rings is 1. The van der Waals surface area contributed by atoms with Crippen molar-refractivity contribution in [1.29, 1.82) is 0 Å². The van der Waals surface area contributed by atoms with E-state index < -0.39 is 0 Å². The Morgan fingerprint density at radius 2 is 2.03 bits per heavy atom. The summed E-state index contributed by atoms with van der Waals surface area (Å²) in [4.78, 5) is 34.5. The Hall–Kier alpha value is -3.04. The minimum atomic E-state index is -0.155. The van der Waals surface area contributed by atoms with Crippen molar-refractivity contribution in [2.24, 2.45) is 5.92 Å². The minimum Gasteiger partial charge on any atom is -0.338 e. The summed E-state index contributed by atoms with van der Waals surface area (Å²) in [5.41, 5.74) is 1.47. The number of anilines is 2.